The Bertz CT molecular complexity index is 510. The number of benzene rings is 1. The second-order valence-corrected chi connectivity index (χ2v) is 8.85. The van der Waals surface area contributed by atoms with Crippen LogP contribution in [0.2, 0.25) is 0 Å². The minimum Gasteiger partial charge on any atom is -0.214 e. The van der Waals surface area contributed by atoms with E-state index in [9.17, 15) is 8.42 Å². The van der Waals surface area contributed by atoms with Crippen LogP contribution >= 0.6 is 15.9 Å². The van der Waals surface area contributed by atoms with E-state index < -0.39 is 10.0 Å². The van der Waals surface area contributed by atoms with Gasteiger partial charge in [0.1, 0.15) is 0 Å². The van der Waals surface area contributed by atoms with Crippen molar-refractivity contribution in [2.24, 2.45) is 0 Å². The summed E-state index contributed by atoms with van der Waals surface area (Å²) >= 11 is 3.37. The highest BCUT2D eigenvalue weighted by atomic mass is 79.9. The van der Waals surface area contributed by atoms with Crippen LogP contribution < -0.4 is 4.72 Å². The lowest BCUT2D eigenvalue weighted by Crippen LogP contribution is -2.34. The Kier molecular flexibility index (Phi) is 4.69. The largest absolute Gasteiger partial charge is 0.214 e. The summed E-state index contributed by atoms with van der Waals surface area (Å²) < 4.78 is 26.6. The Morgan fingerprint density at radius 1 is 1.32 bits per heavy atom. The summed E-state index contributed by atoms with van der Waals surface area (Å²) in [6.07, 6.45) is 2.76. The molecule has 0 aliphatic heterocycles. The topological polar surface area (TPSA) is 46.2 Å². The van der Waals surface area contributed by atoms with Crippen LogP contribution in [0.15, 0.2) is 30.3 Å². The molecule has 1 N–H and O–H groups in total. The van der Waals surface area contributed by atoms with Crippen LogP contribution in [0.1, 0.15) is 31.7 Å². The van der Waals surface area contributed by atoms with E-state index in [1.54, 1.807) is 0 Å². The van der Waals surface area contributed by atoms with Crippen molar-refractivity contribution in [3.8, 4) is 0 Å². The van der Waals surface area contributed by atoms with E-state index in [0.717, 1.165) is 12.8 Å². The average Bonchev–Trinajstić information content (AvgIpc) is 3.17. The highest BCUT2D eigenvalue weighted by Gasteiger charge is 2.44. The number of halogens is 1. The molecule has 3 nitrogen and oxygen atoms in total. The molecule has 0 spiro atoms. The number of sulfonamides is 1. The van der Waals surface area contributed by atoms with Crippen molar-refractivity contribution in [1.82, 2.24) is 4.72 Å². The molecular weight excluding hydrogens is 326 g/mol. The highest BCUT2D eigenvalue weighted by molar-refractivity contribution is 9.09. The van der Waals surface area contributed by atoms with Gasteiger partial charge in [-0.2, -0.15) is 0 Å². The Hall–Kier alpha value is -0.390. The standard InChI is InChI=1S/C14H20BrNO2S/c1-12(15)7-10-19(17,18)16-11-14(8-9-14)13-5-3-2-4-6-13/h2-6,12,16H,7-11H2,1H3. The fourth-order valence-electron chi connectivity index (χ4n) is 2.15. The Morgan fingerprint density at radius 2 is 1.95 bits per heavy atom. The SMILES string of the molecule is CC(Br)CCS(=O)(=O)NCC1(c2ccccc2)CC1. The number of nitrogens with one attached hydrogen (secondary N) is 1. The molecule has 0 bridgehead atoms. The molecular formula is C14H20BrNO2S. The van der Waals surface area contributed by atoms with Gasteiger partial charge in [0, 0.05) is 16.8 Å². The fraction of sp³-hybridized carbons (Fsp3) is 0.571. The minimum absolute atomic E-state index is 0.0361. The number of hydrogen-bond donors (Lipinski definition) is 1. The monoisotopic (exact) mass is 345 g/mol. The van der Waals surface area contributed by atoms with Gasteiger partial charge in [-0.05, 0) is 24.8 Å². The summed E-state index contributed by atoms with van der Waals surface area (Å²) in [6.45, 7) is 2.48. The smallest absolute Gasteiger partial charge is 0.211 e. The van der Waals surface area contributed by atoms with Gasteiger partial charge in [0.2, 0.25) is 10.0 Å². The normalized spacial score (nSPS) is 19.1. The lowest BCUT2D eigenvalue weighted by Gasteiger charge is -2.17. The van der Waals surface area contributed by atoms with Crippen LogP contribution in [0.5, 0.6) is 0 Å². The van der Waals surface area contributed by atoms with E-state index in [-0.39, 0.29) is 16.0 Å². The number of alkyl halides is 1. The van der Waals surface area contributed by atoms with E-state index in [0.29, 0.717) is 13.0 Å². The quantitative estimate of drug-likeness (QED) is 0.772. The number of rotatable bonds is 7. The highest BCUT2D eigenvalue weighted by Crippen LogP contribution is 2.47. The lowest BCUT2D eigenvalue weighted by atomic mass is 9.96. The molecule has 1 saturated carbocycles. The second-order valence-electron chi connectivity index (χ2n) is 5.36. The van der Waals surface area contributed by atoms with Crippen molar-refractivity contribution in [2.45, 2.75) is 36.4 Å². The first kappa shape index (κ1) is 15.0. The maximum absolute atomic E-state index is 11.9. The zero-order chi connectivity index (χ0) is 13.9. The maximum atomic E-state index is 11.9. The Balaban J connectivity index is 1.92. The molecule has 0 aromatic heterocycles. The molecule has 1 aromatic rings. The first-order chi connectivity index (χ1) is 8.94. The van der Waals surface area contributed by atoms with Crippen LogP contribution in [0, 0.1) is 0 Å². The summed E-state index contributed by atoms with van der Waals surface area (Å²) in [5.41, 5.74) is 1.28. The molecule has 1 atom stereocenters. The molecule has 2 rings (SSSR count). The van der Waals surface area contributed by atoms with Crippen LogP contribution in [-0.4, -0.2) is 25.5 Å². The summed E-state index contributed by atoms with van der Waals surface area (Å²) in [6, 6.07) is 10.2. The van der Waals surface area contributed by atoms with Crippen molar-refractivity contribution >= 4 is 26.0 Å². The van der Waals surface area contributed by atoms with E-state index in [1.807, 2.05) is 25.1 Å². The van der Waals surface area contributed by atoms with Gasteiger partial charge in [0.25, 0.3) is 0 Å². The molecule has 1 aliphatic carbocycles. The van der Waals surface area contributed by atoms with E-state index >= 15 is 0 Å². The predicted molar refractivity (Wildman–Crippen MR) is 82.1 cm³/mol. The van der Waals surface area contributed by atoms with Crippen LogP contribution in [-0.2, 0) is 15.4 Å². The number of hydrogen-bond acceptors (Lipinski definition) is 2. The second kappa shape index (κ2) is 5.94. The molecule has 106 valence electrons. The van der Waals surface area contributed by atoms with Crippen molar-refractivity contribution in [3.63, 3.8) is 0 Å². The van der Waals surface area contributed by atoms with Crippen molar-refractivity contribution in [2.75, 3.05) is 12.3 Å². The summed E-state index contributed by atoms with van der Waals surface area (Å²) in [5.74, 6) is 0.185. The third kappa shape index (κ3) is 4.29. The molecule has 0 amide bonds. The third-order valence-corrected chi connectivity index (χ3v) is 5.47. The minimum atomic E-state index is -3.16. The van der Waals surface area contributed by atoms with Gasteiger partial charge in [-0.3, -0.25) is 0 Å². The third-order valence-electron chi connectivity index (χ3n) is 3.65. The van der Waals surface area contributed by atoms with Crippen LogP contribution in [0.25, 0.3) is 0 Å². The van der Waals surface area contributed by atoms with Gasteiger partial charge in [-0.1, -0.05) is 53.2 Å². The first-order valence-corrected chi connectivity index (χ1v) is 9.17. The Labute approximate surface area is 124 Å². The lowest BCUT2D eigenvalue weighted by molar-refractivity contribution is 0.564. The van der Waals surface area contributed by atoms with Gasteiger partial charge >= 0.3 is 0 Å². The summed E-state index contributed by atoms with van der Waals surface area (Å²) in [4.78, 5) is 0.230. The average molecular weight is 346 g/mol. The molecule has 5 heteroatoms. The maximum Gasteiger partial charge on any atom is 0.211 e. The van der Waals surface area contributed by atoms with Gasteiger partial charge in [-0.25, -0.2) is 13.1 Å². The first-order valence-electron chi connectivity index (χ1n) is 6.60. The molecule has 19 heavy (non-hydrogen) atoms. The van der Waals surface area contributed by atoms with Gasteiger partial charge < -0.3 is 0 Å². The molecule has 1 aromatic carbocycles. The van der Waals surface area contributed by atoms with Gasteiger partial charge in [0.15, 0.2) is 0 Å². The van der Waals surface area contributed by atoms with Crippen LogP contribution in [0.3, 0.4) is 0 Å². The summed E-state index contributed by atoms with van der Waals surface area (Å²) in [7, 11) is -3.16. The van der Waals surface area contributed by atoms with E-state index in [2.05, 4.69) is 32.8 Å². The van der Waals surface area contributed by atoms with E-state index in [1.165, 1.54) is 5.56 Å². The van der Waals surface area contributed by atoms with Crippen molar-refractivity contribution < 1.29 is 8.42 Å². The molecule has 0 saturated heterocycles. The zero-order valence-electron chi connectivity index (χ0n) is 11.1. The fourth-order valence-corrected chi connectivity index (χ4v) is 3.98. The molecule has 0 heterocycles. The van der Waals surface area contributed by atoms with E-state index in [4.69, 9.17) is 0 Å². The van der Waals surface area contributed by atoms with Gasteiger partial charge in [-0.15, -0.1) is 0 Å². The molecule has 1 unspecified atom stereocenters. The predicted octanol–water partition coefficient (Wildman–Crippen LogP) is 2.81. The molecule has 1 fully saturated rings. The van der Waals surface area contributed by atoms with Crippen molar-refractivity contribution in [1.29, 1.82) is 0 Å². The van der Waals surface area contributed by atoms with Gasteiger partial charge in [0.05, 0.1) is 5.75 Å². The zero-order valence-corrected chi connectivity index (χ0v) is 13.5. The molecule has 0 radical (unpaired) electrons. The summed E-state index contributed by atoms with van der Waals surface area (Å²) in [5, 5.41) is 0. The van der Waals surface area contributed by atoms with Crippen molar-refractivity contribution in [3.05, 3.63) is 35.9 Å². The molecule has 1 aliphatic rings. The van der Waals surface area contributed by atoms with Crippen LogP contribution in [0.4, 0.5) is 0 Å². The Morgan fingerprint density at radius 3 is 2.47 bits per heavy atom.